The molecule has 2 heterocycles. The number of benzene rings is 1. The molecular formula is C13H12N2O3. The number of amides is 1. The van der Waals surface area contributed by atoms with Gasteiger partial charge < -0.3 is 14.5 Å². The van der Waals surface area contributed by atoms with Gasteiger partial charge in [-0.25, -0.2) is 4.98 Å². The summed E-state index contributed by atoms with van der Waals surface area (Å²) >= 11 is 0. The Morgan fingerprint density at radius 1 is 1.44 bits per heavy atom. The van der Waals surface area contributed by atoms with Crippen LogP contribution in [0.4, 0.5) is 5.69 Å². The third kappa shape index (κ3) is 1.95. The first-order chi connectivity index (χ1) is 8.72. The number of nitrogens with one attached hydrogen (secondary N) is 1. The SMILES string of the molecule is Cc1cnc(C(=O)Nc2ccc3c(c2)CCO3)o1. The van der Waals surface area contributed by atoms with Gasteiger partial charge in [-0.15, -0.1) is 0 Å². The van der Waals surface area contributed by atoms with Crippen molar-refractivity contribution in [3.8, 4) is 5.75 Å². The maximum atomic E-state index is 11.8. The van der Waals surface area contributed by atoms with Gasteiger partial charge in [0, 0.05) is 12.1 Å². The van der Waals surface area contributed by atoms with E-state index < -0.39 is 0 Å². The van der Waals surface area contributed by atoms with Crippen LogP contribution < -0.4 is 10.1 Å². The summed E-state index contributed by atoms with van der Waals surface area (Å²) in [5, 5.41) is 2.75. The second kappa shape index (κ2) is 4.18. The van der Waals surface area contributed by atoms with Crippen LogP contribution in [0, 0.1) is 6.92 Å². The summed E-state index contributed by atoms with van der Waals surface area (Å²) in [5.41, 5.74) is 1.83. The normalized spacial score (nSPS) is 12.9. The van der Waals surface area contributed by atoms with Crippen LogP contribution in [0.1, 0.15) is 22.0 Å². The number of oxazole rings is 1. The summed E-state index contributed by atoms with van der Waals surface area (Å²) in [6.07, 6.45) is 2.39. The zero-order chi connectivity index (χ0) is 12.5. The van der Waals surface area contributed by atoms with E-state index >= 15 is 0 Å². The number of nitrogens with zero attached hydrogens (tertiary/aromatic N) is 1. The predicted octanol–water partition coefficient (Wildman–Crippen LogP) is 2.17. The molecule has 0 fully saturated rings. The Morgan fingerprint density at radius 2 is 2.33 bits per heavy atom. The van der Waals surface area contributed by atoms with Gasteiger partial charge in [-0.1, -0.05) is 0 Å². The number of aromatic nitrogens is 1. The molecule has 0 bridgehead atoms. The summed E-state index contributed by atoms with van der Waals surface area (Å²) in [5.74, 6) is 1.23. The Kier molecular flexibility index (Phi) is 2.51. The minimum atomic E-state index is -0.345. The van der Waals surface area contributed by atoms with Gasteiger partial charge in [0.25, 0.3) is 5.89 Å². The molecule has 1 N–H and O–H groups in total. The van der Waals surface area contributed by atoms with Crippen molar-refractivity contribution < 1.29 is 13.9 Å². The lowest BCUT2D eigenvalue weighted by atomic mass is 10.1. The standard InChI is InChI=1S/C13H12N2O3/c1-8-7-14-13(18-8)12(16)15-10-2-3-11-9(6-10)4-5-17-11/h2-3,6-7H,4-5H2,1H3,(H,15,16). The number of hydrogen-bond donors (Lipinski definition) is 1. The van der Waals surface area contributed by atoms with E-state index in [1.807, 2.05) is 12.1 Å². The van der Waals surface area contributed by atoms with Crippen LogP contribution >= 0.6 is 0 Å². The molecule has 92 valence electrons. The maximum absolute atomic E-state index is 11.8. The minimum Gasteiger partial charge on any atom is -0.493 e. The van der Waals surface area contributed by atoms with E-state index in [9.17, 15) is 4.79 Å². The fourth-order valence-electron chi connectivity index (χ4n) is 1.91. The van der Waals surface area contributed by atoms with Crippen LogP contribution in [0.2, 0.25) is 0 Å². The van der Waals surface area contributed by atoms with Crippen molar-refractivity contribution in [3.63, 3.8) is 0 Å². The van der Waals surface area contributed by atoms with Crippen LogP contribution in [0.15, 0.2) is 28.8 Å². The molecule has 1 aliphatic heterocycles. The van der Waals surface area contributed by atoms with Crippen LogP contribution in [-0.2, 0) is 6.42 Å². The molecule has 0 saturated carbocycles. The average Bonchev–Trinajstić information content (AvgIpc) is 2.96. The van der Waals surface area contributed by atoms with E-state index in [0.29, 0.717) is 12.4 Å². The molecule has 0 unspecified atom stereocenters. The third-order valence-corrected chi connectivity index (χ3v) is 2.76. The van der Waals surface area contributed by atoms with Crippen LogP contribution in [0.5, 0.6) is 5.75 Å². The van der Waals surface area contributed by atoms with Crippen molar-refractivity contribution in [3.05, 3.63) is 41.6 Å². The third-order valence-electron chi connectivity index (χ3n) is 2.76. The van der Waals surface area contributed by atoms with Crippen LogP contribution in [0.3, 0.4) is 0 Å². The lowest BCUT2D eigenvalue weighted by Crippen LogP contribution is -2.12. The van der Waals surface area contributed by atoms with E-state index in [4.69, 9.17) is 9.15 Å². The Labute approximate surface area is 104 Å². The molecule has 0 aliphatic carbocycles. The Morgan fingerprint density at radius 3 is 3.11 bits per heavy atom. The molecule has 2 aromatic rings. The summed E-state index contributed by atoms with van der Waals surface area (Å²) in [4.78, 5) is 15.7. The Hall–Kier alpha value is -2.30. The number of hydrogen-bond acceptors (Lipinski definition) is 4. The molecule has 0 saturated heterocycles. The summed E-state index contributed by atoms with van der Waals surface area (Å²) in [7, 11) is 0. The summed E-state index contributed by atoms with van der Waals surface area (Å²) in [6, 6.07) is 5.58. The first-order valence-corrected chi connectivity index (χ1v) is 5.72. The predicted molar refractivity (Wildman–Crippen MR) is 64.8 cm³/mol. The fraction of sp³-hybridized carbons (Fsp3) is 0.231. The van der Waals surface area contributed by atoms with Gasteiger partial charge >= 0.3 is 5.91 Å². The van der Waals surface area contributed by atoms with Gasteiger partial charge in [0.05, 0.1) is 12.8 Å². The molecule has 1 amide bonds. The van der Waals surface area contributed by atoms with Crippen molar-refractivity contribution in [2.24, 2.45) is 0 Å². The van der Waals surface area contributed by atoms with Gasteiger partial charge in [0.2, 0.25) is 0 Å². The molecule has 1 aliphatic rings. The minimum absolute atomic E-state index is 0.0734. The van der Waals surface area contributed by atoms with Crippen molar-refractivity contribution in [2.45, 2.75) is 13.3 Å². The van der Waals surface area contributed by atoms with E-state index in [1.165, 1.54) is 6.20 Å². The summed E-state index contributed by atoms with van der Waals surface area (Å²) < 4.78 is 10.6. The first kappa shape index (κ1) is 10.8. The van der Waals surface area contributed by atoms with E-state index in [1.54, 1.807) is 13.0 Å². The highest BCUT2D eigenvalue weighted by molar-refractivity contribution is 6.01. The van der Waals surface area contributed by atoms with Crippen molar-refractivity contribution in [1.29, 1.82) is 0 Å². The van der Waals surface area contributed by atoms with Gasteiger partial charge in [-0.2, -0.15) is 0 Å². The van der Waals surface area contributed by atoms with Crippen LogP contribution in [0.25, 0.3) is 0 Å². The number of aryl methyl sites for hydroxylation is 1. The highest BCUT2D eigenvalue weighted by Crippen LogP contribution is 2.27. The number of ether oxygens (including phenoxy) is 1. The second-order valence-corrected chi connectivity index (χ2v) is 4.15. The number of rotatable bonds is 2. The quantitative estimate of drug-likeness (QED) is 0.879. The maximum Gasteiger partial charge on any atom is 0.311 e. The van der Waals surface area contributed by atoms with Gasteiger partial charge in [0.1, 0.15) is 11.5 Å². The van der Waals surface area contributed by atoms with Gasteiger partial charge in [0.15, 0.2) is 0 Å². The lowest BCUT2D eigenvalue weighted by molar-refractivity contribution is 0.0989. The number of anilines is 1. The Bertz CT molecular complexity index is 604. The molecule has 0 atom stereocenters. The molecule has 3 rings (SSSR count). The monoisotopic (exact) mass is 244 g/mol. The fourth-order valence-corrected chi connectivity index (χ4v) is 1.91. The zero-order valence-corrected chi connectivity index (χ0v) is 9.90. The molecule has 1 aromatic carbocycles. The highest BCUT2D eigenvalue weighted by Gasteiger charge is 2.15. The Balaban J connectivity index is 1.78. The average molecular weight is 244 g/mol. The number of fused-ring (bicyclic) bond motifs is 1. The van der Waals surface area contributed by atoms with Crippen LogP contribution in [-0.4, -0.2) is 17.5 Å². The van der Waals surface area contributed by atoms with Crippen molar-refractivity contribution in [2.75, 3.05) is 11.9 Å². The summed E-state index contributed by atoms with van der Waals surface area (Å²) in [6.45, 7) is 2.45. The van der Waals surface area contributed by atoms with Gasteiger partial charge in [-0.3, -0.25) is 4.79 Å². The van der Waals surface area contributed by atoms with Crippen molar-refractivity contribution in [1.82, 2.24) is 4.98 Å². The molecule has 0 radical (unpaired) electrons. The smallest absolute Gasteiger partial charge is 0.311 e. The molecular weight excluding hydrogens is 232 g/mol. The highest BCUT2D eigenvalue weighted by atomic mass is 16.5. The van der Waals surface area contributed by atoms with E-state index in [2.05, 4.69) is 10.3 Å². The number of carbonyl (C=O) groups is 1. The molecule has 18 heavy (non-hydrogen) atoms. The molecule has 0 spiro atoms. The number of carbonyl (C=O) groups excluding carboxylic acids is 1. The second-order valence-electron chi connectivity index (χ2n) is 4.15. The molecule has 1 aromatic heterocycles. The molecule has 5 nitrogen and oxygen atoms in total. The largest absolute Gasteiger partial charge is 0.493 e. The van der Waals surface area contributed by atoms with E-state index in [0.717, 1.165) is 23.4 Å². The van der Waals surface area contributed by atoms with E-state index in [-0.39, 0.29) is 11.8 Å². The lowest BCUT2D eigenvalue weighted by Gasteiger charge is -2.04. The molecule has 5 heteroatoms. The zero-order valence-electron chi connectivity index (χ0n) is 9.90. The first-order valence-electron chi connectivity index (χ1n) is 5.72. The topological polar surface area (TPSA) is 64.4 Å². The van der Waals surface area contributed by atoms with Gasteiger partial charge in [-0.05, 0) is 30.7 Å². The van der Waals surface area contributed by atoms with Crippen molar-refractivity contribution >= 4 is 11.6 Å².